The molecule has 0 spiro atoms. The van der Waals surface area contributed by atoms with Gasteiger partial charge in [-0.25, -0.2) is 0 Å². The van der Waals surface area contributed by atoms with Crippen molar-refractivity contribution in [2.24, 2.45) is 0 Å². The number of amides is 2. The number of aryl methyl sites for hydroxylation is 1. The van der Waals surface area contributed by atoms with Gasteiger partial charge in [-0.05, 0) is 49.7 Å². The average molecular weight is 488 g/mol. The van der Waals surface area contributed by atoms with Gasteiger partial charge < -0.3 is 15.0 Å². The molecule has 0 aliphatic heterocycles. The third kappa shape index (κ3) is 5.63. The molecular weight excluding hydrogens is 467 g/mol. The molecule has 0 bridgehead atoms. The van der Waals surface area contributed by atoms with Crippen LogP contribution in [-0.4, -0.2) is 36.4 Å². The first kappa shape index (κ1) is 22.5. The van der Waals surface area contributed by atoms with Gasteiger partial charge in [0.15, 0.2) is 6.61 Å². The molecule has 2 aromatic rings. The van der Waals surface area contributed by atoms with Crippen LogP contribution in [0.3, 0.4) is 0 Å². The predicted molar refractivity (Wildman–Crippen MR) is 115 cm³/mol. The Morgan fingerprint density at radius 3 is 2.43 bits per heavy atom. The SMILES string of the molecule is CNC(=O)[C@@H](C)N(Cc1c(Cl)cccc1Cl)C(=O)COc1ccc(Br)c(C)c1. The lowest BCUT2D eigenvalue weighted by Crippen LogP contribution is -2.48. The van der Waals surface area contributed by atoms with Crippen molar-refractivity contribution < 1.29 is 14.3 Å². The molecule has 0 radical (unpaired) electrons. The molecule has 2 amide bonds. The second-order valence-corrected chi connectivity index (χ2v) is 7.88. The van der Waals surface area contributed by atoms with Crippen LogP contribution in [0.1, 0.15) is 18.1 Å². The maximum Gasteiger partial charge on any atom is 0.261 e. The van der Waals surface area contributed by atoms with E-state index in [0.29, 0.717) is 21.4 Å². The van der Waals surface area contributed by atoms with Crippen LogP contribution < -0.4 is 10.1 Å². The molecule has 150 valence electrons. The maximum absolute atomic E-state index is 12.9. The van der Waals surface area contributed by atoms with E-state index in [1.807, 2.05) is 19.1 Å². The van der Waals surface area contributed by atoms with Gasteiger partial charge >= 0.3 is 0 Å². The van der Waals surface area contributed by atoms with E-state index in [1.54, 1.807) is 31.2 Å². The molecule has 2 aromatic carbocycles. The Morgan fingerprint density at radius 2 is 1.86 bits per heavy atom. The van der Waals surface area contributed by atoms with Crippen molar-refractivity contribution in [1.29, 1.82) is 0 Å². The van der Waals surface area contributed by atoms with E-state index in [9.17, 15) is 9.59 Å². The molecule has 2 rings (SSSR count). The highest BCUT2D eigenvalue weighted by Gasteiger charge is 2.27. The fraction of sp³-hybridized carbons (Fsp3) is 0.300. The Bertz CT molecular complexity index is 856. The van der Waals surface area contributed by atoms with Gasteiger partial charge in [0.25, 0.3) is 5.91 Å². The topological polar surface area (TPSA) is 58.6 Å². The summed E-state index contributed by atoms with van der Waals surface area (Å²) >= 11 is 15.9. The highest BCUT2D eigenvalue weighted by molar-refractivity contribution is 9.10. The molecule has 5 nitrogen and oxygen atoms in total. The van der Waals surface area contributed by atoms with Crippen molar-refractivity contribution in [3.05, 3.63) is 62.0 Å². The molecule has 0 aliphatic rings. The average Bonchev–Trinajstić information content (AvgIpc) is 2.67. The minimum absolute atomic E-state index is 0.0919. The van der Waals surface area contributed by atoms with Crippen molar-refractivity contribution in [2.75, 3.05) is 13.7 Å². The number of hydrogen-bond acceptors (Lipinski definition) is 3. The van der Waals surface area contributed by atoms with Crippen molar-refractivity contribution in [3.8, 4) is 5.75 Å². The first-order chi connectivity index (χ1) is 13.2. The standard InChI is InChI=1S/C20H21BrCl2N2O3/c1-12-9-14(7-8-16(12)21)28-11-19(26)25(13(2)20(27)24-3)10-15-17(22)5-4-6-18(15)23/h4-9,13H,10-11H2,1-3H3,(H,24,27)/t13-/m1/s1. The fourth-order valence-corrected chi connectivity index (χ4v) is 3.34. The second-order valence-electron chi connectivity index (χ2n) is 6.21. The number of nitrogens with one attached hydrogen (secondary N) is 1. The number of nitrogens with zero attached hydrogens (tertiary/aromatic N) is 1. The summed E-state index contributed by atoms with van der Waals surface area (Å²) in [6.45, 7) is 3.45. The Balaban J connectivity index is 2.21. The van der Waals surface area contributed by atoms with E-state index in [2.05, 4.69) is 21.2 Å². The van der Waals surface area contributed by atoms with E-state index < -0.39 is 6.04 Å². The van der Waals surface area contributed by atoms with Crippen molar-refractivity contribution in [2.45, 2.75) is 26.4 Å². The minimum atomic E-state index is -0.722. The number of hydrogen-bond donors (Lipinski definition) is 1. The molecule has 0 unspecified atom stereocenters. The molecule has 0 saturated carbocycles. The number of carbonyl (C=O) groups excluding carboxylic acids is 2. The second kappa shape index (κ2) is 10.1. The van der Waals surface area contributed by atoms with Gasteiger partial charge in [-0.15, -0.1) is 0 Å². The number of rotatable bonds is 7. The third-order valence-corrected chi connectivity index (χ3v) is 5.89. The van der Waals surface area contributed by atoms with E-state index in [-0.39, 0.29) is 25.0 Å². The lowest BCUT2D eigenvalue weighted by molar-refractivity contribution is -0.142. The first-order valence-electron chi connectivity index (χ1n) is 8.57. The number of carbonyl (C=O) groups is 2. The number of likely N-dealkylation sites (N-methyl/N-ethyl adjacent to an activating group) is 1. The van der Waals surface area contributed by atoms with Crippen molar-refractivity contribution >= 4 is 50.9 Å². The van der Waals surface area contributed by atoms with Crippen LogP contribution in [0.5, 0.6) is 5.75 Å². The summed E-state index contributed by atoms with van der Waals surface area (Å²) in [5.74, 6) is -0.0824. The van der Waals surface area contributed by atoms with Gasteiger partial charge in [0.2, 0.25) is 5.91 Å². The monoisotopic (exact) mass is 486 g/mol. The van der Waals surface area contributed by atoms with Crippen LogP contribution in [0.15, 0.2) is 40.9 Å². The van der Waals surface area contributed by atoms with Crippen LogP contribution >= 0.6 is 39.1 Å². The number of ether oxygens (including phenoxy) is 1. The molecule has 0 aromatic heterocycles. The number of benzene rings is 2. The van der Waals surface area contributed by atoms with Gasteiger partial charge in [-0.1, -0.05) is 45.2 Å². The van der Waals surface area contributed by atoms with Gasteiger partial charge in [-0.3, -0.25) is 9.59 Å². The zero-order chi connectivity index (χ0) is 20.8. The summed E-state index contributed by atoms with van der Waals surface area (Å²) in [6, 6.07) is 9.83. The summed E-state index contributed by atoms with van der Waals surface area (Å²) in [6.07, 6.45) is 0. The molecule has 0 fully saturated rings. The van der Waals surface area contributed by atoms with Gasteiger partial charge in [0.05, 0.1) is 0 Å². The quantitative estimate of drug-likeness (QED) is 0.620. The predicted octanol–water partition coefficient (Wildman–Crippen LogP) is 4.61. The van der Waals surface area contributed by atoms with Crippen molar-refractivity contribution in [1.82, 2.24) is 10.2 Å². The van der Waals surface area contributed by atoms with Crippen LogP contribution in [0.2, 0.25) is 10.0 Å². The highest BCUT2D eigenvalue weighted by atomic mass is 79.9. The Hall–Kier alpha value is -1.76. The summed E-state index contributed by atoms with van der Waals surface area (Å²) < 4.78 is 6.59. The Kier molecular flexibility index (Phi) is 8.16. The minimum Gasteiger partial charge on any atom is -0.484 e. The van der Waals surface area contributed by atoms with E-state index >= 15 is 0 Å². The Morgan fingerprint density at radius 1 is 1.21 bits per heavy atom. The molecular formula is C20H21BrCl2N2O3. The summed E-state index contributed by atoms with van der Waals surface area (Å²) in [5, 5.41) is 3.42. The fourth-order valence-electron chi connectivity index (χ4n) is 2.58. The van der Waals surface area contributed by atoms with Crippen molar-refractivity contribution in [3.63, 3.8) is 0 Å². The number of halogens is 3. The van der Waals surface area contributed by atoms with Crippen LogP contribution in [0.25, 0.3) is 0 Å². The lowest BCUT2D eigenvalue weighted by Gasteiger charge is -2.29. The van der Waals surface area contributed by atoms with Crippen LogP contribution in [0, 0.1) is 6.92 Å². The summed E-state index contributed by atoms with van der Waals surface area (Å²) in [7, 11) is 1.52. The molecule has 1 atom stereocenters. The van der Waals surface area contributed by atoms with E-state index in [4.69, 9.17) is 27.9 Å². The summed E-state index contributed by atoms with van der Waals surface area (Å²) in [4.78, 5) is 26.4. The largest absolute Gasteiger partial charge is 0.484 e. The third-order valence-electron chi connectivity index (χ3n) is 4.30. The zero-order valence-corrected chi connectivity index (χ0v) is 18.9. The van der Waals surface area contributed by atoms with Crippen LogP contribution in [-0.2, 0) is 16.1 Å². The molecule has 28 heavy (non-hydrogen) atoms. The molecule has 0 heterocycles. The molecule has 0 aliphatic carbocycles. The normalized spacial score (nSPS) is 11.6. The van der Waals surface area contributed by atoms with Gasteiger partial charge in [-0.2, -0.15) is 0 Å². The van der Waals surface area contributed by atoms with Gasteiger partial charge in [0.1, 0.15) is 11.8 Å². The van der Waals surface area contributed by atoms with Gasteiger partial charge in [0, 0.05) is 33.7 Å². The maximum atomic E-state index is 12.9. The lowest BCUT2D eigenvalue weighted by atomic mass is 10.1. The Labute approximate surface area is 183 Å². The zero-order valence-electron chi connectivity index (χ0n) is 15.8. The smallest absolute Gasteiger partial charge is 0.261 e. The molecule has 8 heteroatoms. The van der Waals surface area contributed by atoms with Crippen LogP contribution in [0.4, 0.5) is 0 Å². The summed E-state index contributed by atoms with van der Waals surface area (Å²) in [5.41, 5.74) is 1.57. The van der Waals surface area contributed by atoms with E-state index in [0.717, 1.165) is 10.0 Å². The first-order valence-corrected chi connectivity index (χ1v) is 10.1. The highest BCUT2D eigenvalue weighted by Crippen LogP contribution is 2.27. The molecule has 0 saturated heterocycles. The molecule has 1 N–H and O–H groups in total. The van der Waals surface area contributed by atoms with E-state index in [1.165, 1.54) is 11.9 Å².